The maximum atomic E-state index is 9.94. The summed E-state index contributed by atoms with van der Waals surface area (Å²) in [6.07, 6.45) is 0. The van der Waals surface area contributed by atoms with Gasteiger partial charge in [-0.3, -0.25) is 0 Å². The minimum Gasteiger partial charge on any atom is -0.507 e. The first-order valence-electron chi connectivity index (χ1n) is 5.14. The fourth-order valence-corrected chi connectivity index (χ4v) is 2.30. The van der Waals surface area contributed by atoms with Crippen LogP contribution in [0.5, 0.6) is 5.75 Å². The molecule has 80 valence electrons. The van der Waals surface area contributed by atoms with Gasteiger partial charge in [0.05, 0.1) is 16.4 Å². The maximum absolute atomic E-state index is 9.94. The lowest BCUT2D eigenvalue weighted by Crippen LogP contribution is -1.87. The van der Waals surface area contributed by atoms with E-state index in [2.05, 4.69) is 0 Å². The van der Waals surface area contributed by atoms with E-state index >= 15 is 0 Å². The van der Waals surface area contributed by atoms with Crippen LogP contribution in [0.1, 0.15) is 0 Å². The summed E-state index contributed by atoms with van der Waals surface area (Å²) < 4.78 is 2.04. The molecule has 3 N–H and O–H groups in total. The molecule has 0 saturated carbocycles. The summed E-state index contributed by atoms with van der Waals surface area (Å²) in [5.41, 5.74) is 8.71. The molecule has 3 aromatic rings. The average Bonchev–Trinajstić information content (AvgIpc) is 2.56. The molecular formula is C13H12N2O. The molecule has 16 heavy (non-hydrogen) atoms. The second kappa shape index (κ2) is 2.92. The maximum Gasteiger partial charge on any atom is 0.125 e. The Hall–Kier alpha value is -2.16. The zero-order chi connectivity index (χ0) is 11.3. The Kier molecular flexibility index (Phi) is 1.66. The van der Waals surface area contributed by atoms with Crippen molar-refractivity contribution in [3.8, 4) is 5.75 Å². The molecule has 0 atom stereocenters. The highest BCUT2D eigenvalue weighted by atomic mass is 16.3. The molecule has 0 aliphatic rings. The van der Waals surface area contributed by atoms with Gasteiger partial charge < -0.3 is 15.4 Å². The lowest BCUT2D eigenvalue weighted by atomic mass is 10.1. The third kappa shape index (κ3) is 0.972. The normalized spacial score (nSPS) is 11.3. The summed E-state index contributed by atoms with van der Waals surface area (Å²) in [6.45, 7) is 0. The smallest absolute Gasteiger partial charge is 0.125 e. The van der Waals surface area contributed by atoms with Gasteiger partial charge in [0.25, 0.3) is 0 Å². The summed E-state index contributed by atoms with van der Waals surface area (Å²) in [6, 6.07) is 11.3. The number of nitrogens with two attached hydrogens (primary N) is 1. The number of hydrogen-bond acceptors (Lipinski definition) is 2. The van der Waals surface area contributed by atoms with E-state index in [0.717, 1.165) is 21.8 Å². The Bertz CT molecular complexity index is 639. The summed E-state index contributed by atoms with van der Waals surface area (Å²) in [5, 5.41) is 11.7. The number of aryl methyl sites for hydroxylation is 1. The number of anilines is 1. The molecule has 0 bridgehead atoms. The number of nitrogen functional groups attached to an aromatic ring is 1. The van der Waals surface area contributed by atoms with Gasteiger partial charge in [-0.05, 0) is 24.3 Å². The zero-order valence-corrected chi connectivity index (χ0v) is 8.94. The van der Waals surface area contributed by atoms with Crippen LogP contribution >= 0.6 is 0 Å². The molecule has 2 aromatic carbocycles. The van der Waals surface area contributed by atoms with Gasteiger partial charge in [-0.15, -0.1) is 0 Å². The molecule has 0 aliphatic carbocycles. The Labute approximate surface area is 92.7 Å². The van der Waals surface area contributed by atoms with Crippen LogP contribution < -0.4 is 5.73 Å². The van der Waals surface area contributed by atoms with Gasteiger partial charge in [0.15, 0.2) is 0 Å². The highest BCUT2D eigenvalue weighted by Crippen LogP contribution is 2.36. The topological polar surface area (TPSA) is 51.2 Å². The molecule has 3 rings (SSSR count). The fourth-order valence-electron chi connectivity index (χ4n) is 2.30. The SMILES string of the molecule is Cn1c2cccc(N)c2c2c(O)cccc21. The first-order valence-corrected chi connectivity index (χ1v) is 5.14. The summed E-state index contributed by atoms with van der Waals surface area (Å²) in [5.74, 6) is 0.279. The number of nitrogens with zero attached hydrogens (tertiary/aromatic N) is 1. The van der Waals surface area contributed by atoms with E-state index in [-0.39, 0.29) is 5.75 Å². The molecule has 3 nitrogen and oxygen atoms in total. The Morgan fingerprint density at radius 1 is 1.00 bits per heavy atom. The largest absolute Gasteiger partial charge is 0.507 e. The number of rotatable bonds is 0. The lowest BCUT2D eigenvalue weighted by molar-refractivity contribution is 0.482. The molecule has 0 radical (unpaired) electrons. The molecule has 0 saturated heterocycles. The van der Waals surface area contributed by atoms with E-state index in [9.17, 15) is 5.11 Å². The van der Waals surface area contributed by atoms with Crippen LogP contribution in [0.15, 0.2) is 36.4 Å². The van der Waals surface area contributed by atoms with Gasteiger partial charge in [-0.25, -0.2) is 0 Å². The van der Waals surface area contributed by atoms with Gasteiger partial charge in [0.2, 0.25) is 0 Å². The Balaban J connectivity index is 2.73. The fraction of sp³-hybridized carbons (Fsp3) is 0.0769. The van der Waals surface area contributed by atoms with Crippen molar-refractivity contribution in [2.24, 2.45) is 7.05 Å². The lowest BCUT2D eigenvalue weighted by Gasteiger charge is -1.98. The van der Waals surface area contributed by atoms with Crippen LogP contribution in [-0.4, -0.2) is 9.67 Å². The first kappa shape index (κ1) is 9.09. The molecule has 0 fully saturated rings. The van der Waals surface area contributed by atoms with Crippen molar-refractivity contribution in [2.75, 3.05) is 5.73 Å². The number of benzene rings is 2. The van der Waals surface area contributed by atoms with E-state index in [1.807, 2.05) is 41.9 Å². The Morgan fingerprint density at radius 2 is 1.62 bits per heavy atom. The number of aromatic nitrogens is 1. The second-order valence-corrected chi connectivity index (χ2v) is 3.97. The predicted molar refractivity (Wildman–Crippen MR) is 66.5 cm³/mol. The van der Waals surface area contributed by atoms with Crippen LogP contribution in [0.2, 0.25) is 0 Å². The minimum atomic E-state index is 0.279. The Morgan fingerprint density at radius 3 is 2.38 bits per heavy atom. The summed E-state index contributed by atoms with van der Waals surface area (Å²) in [4.78, 5) is 0. The third-order valence-corrected chi connectivity index (χ3v) is 3.07. The van der Waals surface area contributed by atoms with Gasteiger partial charge in [-0.1, -0.05) is 12.1 Å². The van der Waals surface area contributed by atoms with Gasteiger partial charge in [-0.2, -0.15) is 0 Å². The number of phenols is 1. The van der Waals surface area contributed by atoms with Crippen LogP contribution in [-0.2, 0) is 7.05 Å². The van der Waals surface area contributed by atoms with E-state index in [4.69, 9.17) is 5.73 Å². The van der Waals surface area contributed by atoms with E-state index in [0.29, 0.717) is 5.69 Å². The van der Waals surface area contributed by atoms with Crippen molar-refractivity contribution >= 4 is 27.5 Å². The molecule has 0 amide bonds. The van der Waals surface area contributed by atoms with Crippen molar-refractivity contribution in [3.05, 3.63) is 36.4 Å². The quantitative estimate of drug-likeness (QED) is 0.563. The average molecular weight is 212 g/mol. The van der Waals surface area contributed by atoms with Crippen LogP contribution in [0.3, 0.4) is 0 Å². The molecule has 1 heterocycles. The molecule has 1 aromatic heterocycles. The van der Waals surface area contributed by atoms with Gasteiger partial charge in [0, 0.05) is 18.1 Å². The molecule has 3 heteroatoms. The van der Waals surface area contributed by atoms with E-state index < -0.39 is 0 Å². The molecule has 0 unspecified atom stereocenters. The van der Waals surface area contributed by atoms with Crippen molar-refractivity contribution in [3.63, 3.8) is 0 Å². The zero-order valence-electron chi connectivity index (χ0n) is 8.94. The first-order chi connectivity index (χ1) is 7.70. The highest BCUT2D eigenvalue weighted by Gasteiger charge is 2.12. The predicted octanol–water partition coefficient (Wildman–Crippen LogP) is 2.62. The standard InChI is InChI=1S/C13H12N2O/c1-15-9-5-2-4-8(14)12(9)13-10(15)6-3-7-11(13)16/h2-7,16H,14H2,1H3. The van der Waals surface area contributed by atoms with Crippen molar-refractivity contribution in [2.45, 2.75) is 0 Å². The second-order valence-electron chi connectivity index (χ2n) is 3.97. The van der Waals surface area contributed by atoms with E-state index in [1.54, 1.807) is 6.07 Å². The van der Waals surface area contributed by atoms with Crippen molar-refractivity contribution in [1.82, 2.24) is 4.57 Å². The van der Waals surface area contributed by atoms with Crippen LogP contribution in [0, 0.1) is 0 Å². The van der Waals surface area contributed by atoms with E-state index in [1.165, 1.54) is 0 Å². The number of fused-ring (bicyclic) bond motifs is 3. The summed E-state index contributed by atoms with van der Waals surface area (Å²) in [7, 11) is 1.98. The van der Waals surface area contributed by atoms with Crippen molar-refractivity contribution in [1.29, 1.82) is 0 Å². The number of phenolic OH excluding ortho intramolecular Hbond substituents is 1. The van der Waals surface area contributed by atoms with Gasteiger partial charge in [0.1, 0.15) is 5.75 Å². The number of hydrogen-bond donors (Lipinski definition) is 2. The summed E-state index contributed by atoms with van der Waals surface area (Å²) >= 11 is 0. The van der Waals surface area contributed by atoms with Crippen molar-refractivity contribution < 1.29 is 5.11 Å². The van der Waals surface area contributed by atoms with Crippen LogP contribution in [0.25, 0.3) is 21.8 Å². The van der Waals surface area contributed by atoms with Crippen LogP contribution in [0.4, 0.5) is 5.69 Å². The molecule has 0 spiro atoms. The molecule has 0 aliphatic heterocycles. The number of aromatic hydroxyl groups is 1. The molecular weight excluding hydrogens is 200 g/mol. The van der Waals surface area contributed by atoms with Gasteiger partial charge >= 0.3 is 0 Å². The minimum absolute atomic E-state index is 0.279. The third-order valence-electron chi connectivity index (χ3n) is 3.07. The highest BCUT2D eigenvalue weighted by molar-refractivity contribution is 6.15. The monoisotopic (exact) mass is 212 g/mol.